The van der Waals surface area contributed by atoms with Crippen molar-refractivity contribution >= 4 is 11.8 Å². The smallest absolute Gasteiger partial charge is 0.0190 e. The molecule has 116 valence electrons. The Morgan fingerprint density at radius 3 is 2.57 bits per heavy atom. The molecule has 0 amide bonds. The molecule has 3 atom stereocenters. The van der Waals surface area contributed by atoms with Crippen LogP contribution < -0.4 is 0 Å². The van der Waals surface area contributed by atoms with Crippen LogP contribution in [0.3, 0.4) is 0 Å². The van der Waals surface area contributed by atoms with E-state index in [0.717, 1.165) is 5.25 Å². The van der Waals surface area contributed by atoms with E-state index in [4.69, 9.17) is 0 Å². The summed E-state index contributed by atoms with van der Waals surface area (Å²) in [6, 6.07) is 8.91. The normalized spacial score (nSPS) is 36.2. The summed E-state index contributed by atoms with van der Waals surface area (Å²) in [6.07, 6.45) is 10.2. The zero-order valence-electron chi connectivity index (χ0n) is 14.0. The Labute approximate surface area is 135 Å². The van der Waals surface area contributed by atoms with Crippen LogP contribution in [0.1, 0.15) is 69.9 Å². The summed E-state index contributed by atoms with van der Waals surface area (Å²) in [7, 11) is 0. The average molecular weight is 303 g/mol. The van der Waals surface area contributed by atoms with E-state index in [1.54, 1.807) is 0 Å². The first-order valence-electron chi connectivity index (χ1n) is 8.71. The Balaban J connectivity index is 1.74. The predicted molar refractivity (Wildman–Crippen MR) is 94.8 cm³/mol. The number of thioether (sulfide) groups is 1. The highest BCUT2D eigenvalue weighted by atomic mass is 32.2. The van der Waals surface area contributed by atoms with Gasteiger partial charge in [0.15, 0.2) is 0 Å². The third-order valence-electron chi connectivity index (χ3n) is 6.66. The lowest BCUT2D eigenvalue weighted by Crippen LogP contribution is -2.50. The standard InChI is InChI=1S/C20H30S/c1-16-9-4-5-10-17(16)15-21-18-11-8-13-19(2)12-6-7-14-20(18,19)3/h4-5,9-10,18H,6-8,11-15H2,1-3H3/t18?,19-,20+/m1/s1. The van der Waals surface area contributed by atoms with E-state index in [2.05, 4.69) is 56.8 Å². The van der Waals surface area contributed by atoms with E-state index in [9.17, 15) is 0 Å². The number of benzene rings is 1. The minimum Gasteiger partial charge on any atom is -0.153 e. The summed E-state index contributed by atoms with van der Waals surface area (Å²) < 4.78 is 0. The molecular weight excluding hydrogens is 272 g/mol. The quantitative estimate of drug-likeness (QED) is 0.625. The molecule has 0 radical (unpaired) electrons. The van der Waals surface area contributed by atoms with Gasteiger partial charge in [-0.1, -0.05) is 57.4 Å². The predicted octanol–water partition coefficient (Wildman–Crippen LogP) is 6.37. The summed E-state index contributed by atoms with van der Waals surface area (Å²) in [5, 5.41) is 0.858. The van der Waals surface area contributed by atoms with Gasteiger partial charge in [-0.05, 0) is 54.6 Å². The van der Waals surface area contributed by atoms with Crippen molar-refractivity contribution in [3.8, 4) is 0 Å². The van der Waals surface area contributed by atoms with Gasteiger partial charge in [-0.25, -0.2) is 0 Å². The van der Waals surface area contributed by atoms with Gasteiger partial charge in [-0.15, -0.1) is 0 Å². The van der Waals surface area contributed by atoms with E-state index >= 15 is 0 Å². The summed E-state index contributed by atoms with van der Waals surface area (Å²) in [4.78, 5) is 0. The highest BCUT2D eigenvalue weighted by Crippen LogP contribution is 2.61. The molecule has 1 heteroatoms. The summed E-state index contributed by atoms with van der Waals surface area (Å²) in [5.74, 6) is 1.20. The number of fused-ring (bicyclic) bond motifs is 1. The third kappa shape index (κ3) is 2.79. The topological polar surface area (TPSA) is 0 Å². The summed E-state index contributed by atoms with van der Waals surface area (Å²) in [6.45, 7) is 7.46. The summed E-state index contributed by atoms with van der Waals surface area (Å²) in [5.41, 5.74) is 4.16. The van der Waals surface area contributed by atoms with Gasteiger partial charge in [0, 0.05) is 11.0 Å². The highest BCUT2D eigenvalue weighted by Gasteiger charge is 2.52. The van der Waals surface area contributed by atoms with Crippen molar-refractivity contribution in [3.63, 3.8) is 0 Å². The number of hydrogen-bond donors (Lipinski definition) is 0. The third-order valence-corrected chi connectivity index (χ3v) is 8.30. The monoisotopic (exact) mass is 302 g/mol. The van der Waals surface area contributed by atoms with Crippen LogP contribution in [0.15, 0.2) is 24.3 Å². The Morgan fingerprint density at radius 1 is 1.05 bits per heavy atom. The van der Waals surface area contributed by atoms with Crippen molar-refractivity contribution in [1.29, 1.82) is 0 Å². The fourth-order valence-corrected chi connectivity index (χ4v) is 6.59. The van der Waals surface area contributed by atoms with Gasteiger partial charge >= 0.3 is 0 Å². The van der Waals surface area contributed by atoms with Crippen LogP contribution >= 0.6 is 11.8 Å². The van der Waals surface area contributed by atoms with Crippen LogP contribution in [0.4, 0.5) is 0 Å². The highest BCUT2D eigenvalue weighted by molar-refractivity contribution is 7.99. The maximum absolute atomic E-state index is 2.61. The molecule has 0 bridgehead atoms. The number of aryl methyl sites for hydroxylation is 1. The summed E-state index contributed by atoms with van der Waals surface area (Å²) >= 11 is 2.25. The Hall–Kier alpha value is -0.430. The van der Waals surface area contributed by atoms with Crippen molar-refractivity contribution in [2.45, 2.75) is 76.7 Å². The molecule has 0 spiro atoms. The molecule has 2 aliphatic carbocycles. The zero-order chi connectivity index (χ0) is 14.9. The van der Waals surface area contributed by atoms with Crippen molar-refractivity contribution in [2.24, 2.45) is 10.8 Å². The Bertz CT molecular complexity index is 490. The molecule has 1 unspecified atom stereocenters. The van der Waals surface area contributed by atoms with Crippen LogP contribution in [0.2, 0.25) is 0 Å². The fourth-order valence-electron chi connectivity index (χ4n) is 4.78. The second kappa shape index (κ2) is 5.99. The maximum atomic E-state index is 2.61. The number of hydrogen-bond acceptors (Lipinski definition) is 1. The van der Waals surface area contributed by atoms with Crippen LogP contribution in [0.25, 0.3) is 0 Å². The van der Waals surface area contributed by atoms with E-state index in [1.807, 2.05) is 0 Å². The van der Waals surface area contributed by atoms with Gasteiger partial charge in [-0.3, -0.25) is 0 Å². The van der Waals surface area contributed by atoms with Crippen molar-refractivity contribution in [2.75, 3.05) is 0 Å². The van der Waals surface area contributed by atoms with Crippen LogP contribution in [0, 0.1) is 17.8 Å². The molecule has 0 aliphatic heterocycles. The lowest BCUT2D eigenvalue weighted by molar-refractivity contribution is -0.0199. The Morgan fingerprint density at radius 2 is 1.76 bits per heavy atom. The lowest BCUT2D eigenvalue weighted by Gasteiger charge is -2.57. The van der Waals surface area contributed by atoms with Crippen LogP contribution in [-0.2, 0) is 5.75 Å². The van der Waals surface area contributed by atoms with Gasteiger partial charge in [0.1, 0.15) is 0 Å². The van der Waals surface area contributed by atoms with Crippen molar-refractivity contribution < 1.29 is 0 Å². The average Bonchev–Trinajstić information content (AvgIpc) is 2.47. The first kappa shape index (κ1) is 15.5. The maximum Gasteiger partial charge on any atom is 0.0190 e. The lowest BCUT2D eigenvalue weighted by atomic mass is 9.51. The van der Waals surface area contributed by atoms with Gasteiger partial charge in [0.25, 0.3) is 0 Å². The fraction of sp³-hybridized carbons (Fsp3) is 0.700. The molecular formula is C20H30S. The van der Waals surface area contributed by atoms with Crippen molar-refractivity contribution in [3.05, 3.63) is 35.4 Å². The molecule has 1 aromatic carbocycles. The van der Waals surface area contributed by atoms with E-state index in [-0.39, 0.29) is 0 Å². The first-order valence-corrected chi connectivity index (χ1v) is 9.76. The molecule has 2 saturated carbocycles. The molecule has 2 aliphatic rings. The molecule has 0 N–H and O–H groups in total. The molecule has 0 saturated heterocycles. The molecule has 21 heavy (non-hydrogen) atoms. The molecule has 1 aromatic rings. The molecule has 2 fully saturated rings. The van der Waals surface area contributed by atoms with Crippen LogP contribution in [0.5, 0.6) is 0 Å². The SMILES string of the molecule is Cc1ccccc1CSC1CCC[C@@]2(C)CCCC[C@@]12C. The van der Waals surface area contributed by atoms with Gasteiger partial charge < -0.3 is 0 Å². The second-order valence-electron chi connectivity index (χ2n) is 7.80. The minimum atomic E-state index is 0.566. The first-order chi connectivity index (χ1) is 10.1. The minimum absolute atomic E-state index is 0.566. The molecule has 0 heterocycles. The Kier molecular flexibility index (Phi) is 4.41. The molecule has 3 rings (SSSR count). The van der Waals surface area contributed by atoms with E-state index in [1.165, 1.54) is 61.8 Å². The van der Waals surface area contributed by atoms with E-state index < -0.39 is 0 Å². The van der Waals surface area contributed by atoms with Gasteiger partial charge in [0.05, 0.1) is 0 Å². The second-order valence-corrected chi connectivity index (χ2v) is 8.99. The largest absolute Gasteiger partial charge is 0.153 e. The van der Waals surface area contributed by atoms with Gasteiger partial charge in [-0.2, -0.15) is 11.8 Å². The zero-order valence-corrected chi connectivity index (χ0v) is 14.8. The number of rotatable bonds is 3. The van der Waals surface area contributed by atoms with Crippen molar-refractivity contribution in [1.82, 2.24) is 0 Å². The van der Waals surface area contributed by atoms with E-state index in [0.29, 0.717) is 10.8 Å². The molecule has 0 aromatic heterocycles. The van der Waals surface area contributed by atoms with Crippen LogP contribution in [-0.4, -0.2) is 5.25 Å². The van der Waals surface area contributed by atoms with Gasteiger partial charge in [0.2, 0.25) is 0 Å². The molecule has 0 nitrogen and oxygen atoms in total.